The third-order valence-corrected chi connectivity index (χ3v) is 4.66. The maximum atomic E-state index is 12.3. The number of thiophene rings is 1. The summed E-state index contributed by atoms with van der Waals surface area (Å²) in [6, 6.07) is 6.09. The molecule has 27 heavy (non-hydrogen) atoms. The Morgan fingerprint density at radius 2 is 2.00 bits per heavy atom. The molecular formula is C17H16N2O7S. The van der Waals surface area contributed by atoms with Gasteiger partial charge < -0.3 is 19.1 Å². The smallest absolute Gasteiger partial charge is 0.345 e. The van der Waals surface area contributed by atoms with E-state index in [0.717, 1.165) is 10.9 Å². The van der Waals surface area contributed by atoms with E-state index in [1.165, 1.54) is 22.3 Å². The fourth-order valence-electron chi connectivity index (χ4n) is 2.43. The quantitative estimate of drug-likeness (QED) is 0.421. The summed E-state index contributed by atoms with van der Waals surface area (Å²) >= 11 is 1.51. The highest BCUT2D eigenvalue weighted by molar-refractivity contribution is 7.09. The van der Waals surface area contributed by atoms with E-state index in [1.807, 2.05) is 17.5 Å². The fraction of sp³-hybridized carbons (Fsp3) is 0.294. The predicted octanol–water partition coefficient (Wildman–Crippen LogP) is 2.24. The average molecular weight is 392 g/mol. The molecule has 0 bridgehead atoms. The zero-order valence-electron chi connectivity index (χ0n) is 14.4. The zero-order valence-corrected chi connectivity index (χ0v) is 15.2. The van der Waals surface area contributed by atoms with Crippen LogP contribution in [0.3, 0.4) is 0 Å². The van der Waals surface area contributed by atoms with Gasteiger partial charge in [0.2, 0.25) is 0 Å². The highest BCUT2D eigenvalue weighted by atomic mass is 32.1. The first-order chi connectivity index (χ1) is 13.0. The lowest BCUT2D eigenvalue weighted by Gasteiger charge is -2.19. The summed E-state index contributed by atoms with van der Waals surface area (Å²) in [6.45, 7) is 0.398. The summed E-state index contributed by atoms with van der Waals surface area (Å²) < 4.78 is 15.6. The van der Waals surface area contributed by atoms with Crippen molar-refractivity contribution >= 4 is 28.9 Å². The summed E-state index contributed by atoms with van der Waals surface area (Å²) in [7, 11) is 1.59. The summed E-state index contributed by atoms with van der Waals surface area (Å²) in [5, 5.41) is 13.2. The molecule has 1 aromatic carbocycles. The van der Waals surface area contributed by atoms with Crippen molar-refractivity contribution in [3.63, 3.8) is 0 Å². The first kappa shape index (κ1) is 18.6. The third-order valence-electron chi connectivity index (χ3n) is 3.80. The topological polar surface area (TPSA) is 108 Å². The lowest BCUT2D eigenvalue weighted by molar-refractivity contribution is -0.385. The number of carbonyl (C=O) groups excluding carboxylic acids is 2. The SMILES string of the molecule is CN(Cc1cccs1)C(=O)COC(=O)c1cc2c(cc1[N+](=O)[O-])OCCO2. The van der Waals surface area contributed by atoms with E-state index in [9.17, 15) is 19.7 Å². The van der Waals surface area contributed by atoms with Gasteiger partial charge in [-0.15, -0.1) is 11.3 Å². The number of fused-ring (bicyclic) bond motifs is 1. The van der Waals surface area contributed by atoms with Gasteiger partial charge >= 0.3 is 5.97 Å². The van der Waals surface area contributed by atoms with Gasteiger partial charge in [0.25, 0.3) is 11.6 Å². The van der Waals surface area contributed by atoms with Gasteiger partial charge in [-0.2, -0.15) is 0 Å². The number of hydrogen-bond donors (Lipinski definition) is 0. The van der Waals surface area contributed by atoms with Crippen molar-refractivity contribution in [2.45, 2.75) is 6.54 Å². The number of hydrogen-bond acceptors (Lipinski definition) is 8. The van der Waals surface area contributed by atoms with Gasteiger partial charge in [-0.05, 0) is 11.4 Å². The Morgan fingerprint density at radius 3 is 2.63 bits per heavy atom. The van der Waals surface area contributed by atoms with Gasteiger partial charge in [0.1, 0.15) is 18.8 Å². The highest BCUT2D eigenvalue weighted by Gasteiger charge is 2.28. The molecule has 0 saturated carbocycles. The zero-order chi connectivity index (χ0) is 19.4. The van der Waals surface area contributed by atoms with Crippen molar-refractivity contribution in [3.05, 3.63) is 50.2 Å². The summed E-state index contributed by atoms with van der Waals surface area (Å²) in [4.78, 5) is 37.4. The van der Waals surface area contributed by atoms with Gasteiger partial charge in [-0.25, -0.2) is 4.79 Å². The number of nitro groups is 1. The van der Waals surface area contributed by atoms with Crippen LogP contribution in [0.5, 0.6) is 11.5 Å². The molecule has 10 heteroatoms. The highest BCUT2D eigenvalue weighted by Crippen LogP contribution is 2.36. The second kappa shape index (κ2) is 8.04. The van der Waals surface area contributed by atoms with Crippen molar-refractivity contribution in [2.75, 3.05) is 26.9 Å². The number of nitro benzene ring substituents is 1. The van der Waals surface area contributed by atoms with Crippen LogP contribution in [0.1, 0.15) is 15.2 Å². The Labute approximate surface area is 158 Å². The van der Waals surface area contributed by atoms with Crippen LogP contribution in [-0.4, -0.2) is 48.6 Å². The van der Waals surface area contributed by atoms with E-state index in [1.54, 1.807) is 7.05 Å². The molecule has 1 amide bonds. The van der Waals surface area contributed by atoms with Crippen molar-refractivity contribution in [1.82, 2.24) is 4.90 Å². The fourth-order valence-corrected chi connectivity index (χ4v) is 3.19. The molecule has 2 heterocycles. The van der Waals surface area contributed by atoms with E-state index in [2.05, 4.69) is 0 Å². The number of benzene rings is 1. The summed E-state index contributed by atoms with van der Waals surface area (Å²) in [5.41, 5.74) is -0.762. The van der Waals surface area contributed by atoms with Gasteiger partial charge in [0, 0.05) is 18.0 Å². The maximum absolute atomic E-state index is 12.3. The van der Waals surface area contributed by atoms with Crippen LogP contribution in [0, 0.1) is 10.1 Å². The Balaban J connectivity index is 1.68. The average Bonchev–Trinajstić information content (AvgIpc) is 3.17. The minimum absolute atomic E-state index is 0.191. The van der Waals surface area contributed by atoms with E-state index in [0.29, 0.717) is 6.54 Å². The maximum Gasteiger partial charge on any atom is 0.345 e. The number of rotatable bonds is 6. The van der Waals surface area contributed by atoms with Crippen molar-refractivity contribution in [1.29, 1.82) is 0 Å². The number of amides is 1. The summed E-state index contributed by atoms with van der Waals surface area (Å²) in [6.07, 6.45) is 0. The van der Waals surface area contributed by atoms with Crippen LogP contribution < -0.4 is 9.47 Å². The van der Waals surface area contributed by atoms with Crippen LogP contribution >= 0.6 is 11.3 Å². The first-order valence-corrected chi connectivity index (χ1v) is 8.85. The third kappa shape index (κ3) is 4.34. The van der Waals surface area contributed by atoms with Crippen molar-refractivity contribution in [2.24, 2.45) is 0 Å². The molecule has 0 radical (unpaired) electrons. The lowest BCUT2D eigenvalue weighted by atomic mass is 10.1. The standard InChI is InChI=1S/C17H16N2O7S/c1-18(9-11-3-2-6-27-11)16(20)10-26-17(21)12-7-14-15(25-5-4-24-14)8-13(12)19(22)23/h2-3,6-8H,4-5,9-10H2,1H3. The van der Waals surface area contributed by atoms with Crippen LogP contribution in [-0.2, 0) is 16.1 Å². The molecule has 0 N–H and O–H groups in total. The van der Waals surface area contributed by atoms with Crippen LogP contribution in [0.4, 0.5) is 5.69 Å². The Bertz CT molecular complexity index is 866. The molecule has 0 spiro atoms. The Hall–Kier alpha value is -3.14. The van der Waals surface area contributed by atoms with E-state index >= 15 is 0 Å². The van der Waals surface area contributed by atoms with Crippen molar-refractivity contribution in [3.8, 4) is 11.5 Å². The minimum atomic E-state index is -0.975. The number of esters is 1. The number of carbonyl (C=O) groups is 2. The minimum Gasteiger partial charge on any atom is -0.486 e. The number of likely N-dealkylation sites (N-methyl/N-ethyl adjacent to an activating group) is 1. The normalized spacial score (nSPS) is 12.3. The van der Waals surface area contributed by atoms with Gasteiger partial charge in [-0.1, -0.05) is 6.07 Å². The van der Waals surface area contributed by atoms with Crippen LogP contribution in [0.15, 0.2) is 29.6 Å². The molecule has 9 nitrogen and oxygen atoms in total. The number of nitrogens with zero attached hydrogens (tertiary/aromatic N) is 2. The first-order valence-electron chi connectivity index (χ1n) is 7.97. The largest absolute Gasteiger partial charge is 0.486 e. The molecule has 0 unspecified atom stereocenters. The molecule has 0 fully saturated rings. The van der Waals surface area contributed by atoms with Crippen LogP contribution in [0.2, 0.25) is 0 Å². The van der Waals surface area contributed by atoms with Crippen LogP contribution in [0.25, 0.3) is 0 Å². The molecule has 0 saturated heterocycles. The van der Waals surface area contributed by atoms with Gasteiger partial charge in [0.15, 0.2) is 18.1 Å². The summed E-state index contributed by atoms with van der Waals surface area (Å²) in [5.74, 6) is -0.982. The van der Waals surface area contributed by atoms with E-state index in [4.69, 9.17) is 14.2 Å². The molecular weight excluding hydrogens is 376 g/mol. The monoisotopic (exact) mass is 392 g/mol. The second-order valence-corrected chi connectivity index (χ2v) is 6.71. The van der Waals surface area contributed by atoms with Gasteiger partial charge in [0.05, 0.1) is 17.5 Å². The predicted molar refractivity (Wildman–Crippen MR) is 95.2 cm³/mol. The molecule has 2 aromatic rings. The number of ether oxygens (including phenoxy) is 3. The van der Waals surface area contributed by atoms with E-state index < -0.39 is 29.1 Å². The lowest BCUT2D eigenvalue weighted by Crippen LogP contribution is -2.30. The van der Waals surface area contributed by atoms with E-state index in [-0.39, 0.29) is 30.3 Å². The molecule has 1 aromatic heterocycles. The van der Waals surface area contributed by atoms with Gasteiger partial charge in [-0.3, -0.25) is 14.9 Å². The molecule has 142 valence electrons. The second-order valence-electron chi connectivity index (χ2n) is 5.68. The Kier molecular flexibility index (Phi) is 5.55. The molecule has 1 aliphatic heterocycles. The molecule has 3 rings (SSSR count). The molecule has 0 atom stereocenters. The Morgan fingerprint density at radius 1 is 1.30 bits per heavy atom. The van der Waals surface area contributed by atoms with Crippen molar-refractivity contribution < 1.29 is 28.7 Å². The molecule has 1 aliphatic rings. The molecule has 0 aliphatic carbocycles.